The molecule has 0 aliphatic rings. The van der Waals surface area contributed by atoms with Crippen LogP contribution in [0.4, 0.5) is 0 Å². The van der Waals surface area contributed by atoms with Crippen LogP contribution < -0.4 is 0 Å². The SMILES string of the molecule is Cn1nc(CC(=O)CCc2ccccn2)c2ccccc21. The largest absolute Gasteiger partial charge is 0.299 e. The molecule has 21 heavy (non-hydrogen) atoms. The Balaban J connectivity index is 1.69. The van der Waals surface area contributed by atoms with E-state index in [-0.39, 0.29) is 5.78 Å². The first-order valence-corrected chi connectivity index (χ1v) is 7.06. The first-order valence-electron chi connectivity index (χ1n) is 7.06. The molecule has 4 heteroatoms. The number of hydrogen-bond donors (Lipinski definition) is 0. The number of nitrogens with zero attached hydrogens (tertiary/aromatic N) is 3. The molecule has 0 aliphatic heterocycles. The average Bonchev–Trinajstić information content (AvgIpc) is 2.83. The quantitative estimate of drug-likeness (QED) is 0.721. The van der Waals surface area contributed by atoms with Crippen molar-refractivity contribution in [2.45, 2.75) is 19.3 Å². The van der Waals surface area contributed by atoms with Crippen LogP contribution in [0, 0.1) is 0 Å². The van der Waals surface area contributed by atoms with Gasteiger partial charge in [-0.05, 0) is 24.6 Å². The first-order chi connectivity index (χ1) is 10.2. The van der Waals surface area contributed by atoms with E-state index in [0.717, 1.165) is 22.3 Å². The van der Waals surface area contributed by atoms with Crippen molar-refractivity contribution in [1.29, 1.82) is 0 Å². The predicted octanol–water partition coefficient (Wildman–Crippen LogP) is 2.71. The summed E-state index contributed by atoms with van der Waals surface area (Å²) in [5, 5.41) is 5.53. The molecule has 0 N–H and O–H groups in total. The second kappa shape index (κ2) is 5.87. The first kappa shape index (κ1) is 13.5. The number of aryl methyl sites for hydroxylation is 2. The summed E-state index contributed by atoms with van der Waals surface area (Å²) >= 11 is 0. The van der Waals surface area contributed by atoms with Crippen molar-refractivity contribution < 1.29 is 4.79 Å². The number of rotatable bonds is 5. The Labute approximate surface area is 123 Å². The Morgan fingerprint density at radius 3 is 2.76 bits per heavy atom. The van der Waals surface area contributed by atoms with Gasteiger partial charge in [0, 0.05) is 30.7 Å². The topological polar surface area (TPSA) is 47.8 Å². The van der Waals surface area contributed by atoms with Gasteiger partial charge in [-0.25, -0.2) is 0 Å². The number of benzene rings is 1. The van der Waals surface area contributed by atoms with Gasteiger partial charge in [0.05, 0.1) is 17.6 Å². The number of aromatic nitrogens is 3. The minimum absolute atomic E-state index is 0.199. The number of Topliss-reactive ketones (excluding diaryl/α,β-unsaturated/α-hetero) is 1. The van der Waals surface area contributed by atoms with Crippen molar-refractivity contribution in [3.8, 4) is 0 Å². The number of carbonyl (C=O) groups excluding carboxylic acids is 1. The second-order valence-corrected chi connectivity index (χ2v) is 5.12. The van der Waals surface area contributed by atoms with E-state index in [4.69, 9.17) is 0 Å². The fraction of sp³-hybridized carbons (Fsp3) is 0.235. The lowest BCUT2D eigenvalue weighted by atomic mass is 10.1. The van der Waals surface area contributed by atoms with Gasteiger partial charge in [0.1, 0.15) is 5.78 Å². The van der Waals surface area contributed by atoms with Gasteiger partial charge in [0.25, 0.3) is 0 Å². The van der Waals surface area contributed by atoms with Gasteiger partial charge in [0.15, 0.2) is 0 Å². The molecule has 0 aliphatic carbocycles. The molecule has 0 unspecified atom stereocenters. The van der Waals surface area contributed by atoms with Crippen LogP contribution in [0.25, 0.3) is 10.9 Å². The van der Waals surface area contributed by atoms with Gasteiger partial charge in [-0.3, -0.25) is 14.5 Å². The fourth-order valence-corrected chi connectivity index (χ4v) is 2.51. The smallest absolute Gasteiger partial charge is 0.139 e. The maximum Gasteiger partial charge on any atom is 0.139 e. The van der Waals surface area contributed by atoms with Crippen molar-refractivity contribution in [1.82, 2.24) is 14.8 Å². The molecular formula is C17H17N3O. The highest BCUT2D eigenvalue weighted by Crippen LogP contribution is 2.18. The van der Waals surface area contributed by atoms with E-state index in [2.05, 4.69) is 10.1 Å². The van der Waals surface area contributed by atoms with Crippen LogP contribution in [0.15, 0.2) is 48.7 Å². The van der Waals surface area contributed by atoms with E-state index in [1.54, 1.807) is 6.20 Å². The monoisotopic (exact) mass is 279 g/mol. The summed E-state index contributed by atoms with van der Waals surface area (Å²) in [5.74, 6) is 0.199. The Kier molecular flexibility index (Phi) is 3.77. The third-order valence-corrected chi connectivity index (χ3v) is 3.59. The van der Waals surface area contributed by atoms with Crippen molar-refractivity contribution in [3.63, 3.8) is 0 Å². The molecule has 4 nitrogen and oxygen atoms in total. The standard InChI is InChI=1S/C17H17N3O/c1-20-17-8-3-2-7-15(17)16(19-20)12-14(21)10-9-13-6-4-5-11-18-13/h2-8,11H,9-10,12H2,1H3. The molecule has 0 bridgehead atoms. The Bertz CT molecular complexity index is 762. The zero-order valence-corrected chi connectivity index (χ0v) is 12.0. The summed E-state index contributed by atoms with van der Waals surface area (Å²) in [6.45, 7) is 0. The van der Waals surface area contributed by atoms with Crippen LogP contribution in [0.5, 0.6) is 0 Å². The third-order valence-electron chi connectivity index (χ3n) is 3.59. The second-order valence-electron chi connectivity index (χ2n) is 5.12. The number of carbonyl (C=O) groups is 1. The molecule has 2 heterocycles. The van der Waals surface area contributed by atoms with E-state index < -0.39 is 0 Å². The lowest BCUT2D eigenvalue weighted by molar-refractivity contribution is -0.118. The lowest BCUT2D eigenvalue weighted by Gasteiger charge is -2.00. The summed E-state index contributed by atoms with van der Waals surface area (Å²) in [7, 11) is 1.91. The summed E-state index contributed by atoms with van der Waals surface area (Å²) in [6.07, 6.45) is 3.33. The normalized spacial score (nSPS) is 10.9. The predicted molar refractivity (Wildman–Crippen MR) is 82.0 cm³/mol. The molecular weight excluding hydrogens is 262 g/mol. The van der Waals surface area contributed by atoms with Crippen LogP contribution in [-0.2, 0) is 24.7 Å². The maximum atomic E-state index is 12.2. The fourth-order valence-electron chi connectivity index (χ4n) is 2.51. The van der Waals surface area contributed by atoms with Crippen molar-refractivity contribution >= 4 is 16.7 Å². The minimum atomic E-state index is 0.199. The summed E-state index contributed by atoms with van der Waals surface area (Å²) in [5.41, 5.74) is 2.88. The Morgan fingerprint density at radius 2 is 1.95 bits per heavy atom. The highest BCUT2D eigenvalue weighted by molar-refractivity contribution is 5.88. The zero-order valence-electron chi connectivity index (χ0n) is 12.0. The molecule has 0 spiro atoms. The van der Waals surface area contributed by atoms with E-state index >= 15 is 0 Å². The maximum absolute atomic E-state index is 12.2. The van der Waals surface area contributed by atoms with E-state index in [9.17, 15) is 4.79 Å². The van der Waals surface area contributed by atoms with Crippen molar-refractivity contribution in [2.24, 2.45) is 7.05 Å². The van der Waals surface area contributed by atoms with Crippen molar-refractivity contribution in [2.75, 3.05) is 0 Å². The molecule has 0 atom stereocenters. The molecule has 1 aromatic carbocycles. The van der Waals surface area contributed by atoms with Crippen molar-refractivity contribution in [3.05, 3.63) is 60.0 Å². The average molecular weight is 279 g/mol. The molecule has 3 aromatic rings. The van der Waals surface area contributed by atoms with Gasteiger partial charge in [-0.15, -0.1) is 0 Å². The van der Waals surface area contributed by atoms with E-state index in [1.807, 2.05) is 54.2 Å². The van der Waals surface area contributed by atoms with Crippen LogP contribution >= 0.6 is 0 Å². The zero-order chi connectivity index (χ0) is 14.7. The number of ketones is 1. The molecule has 0 fully saturated rings. The van der Waals surface area contributed by atoms with Crippen LogP contribution in [0.1, 0.15) is 17.8 Å². The molecule has 106 valence electrons. The summed E-state index contributed by atoms with van der Waals surface area (Å²) in [4.78, 5) is 16.4. The van der Waals surface area contributed by atoms with Crippen LogP contribution in [-0.4, -0.2) is 20.5 Å². The molecule has 0 saturated carbocycles. The minimum Gasteiger partial charge on any atom is -0.299 e. The van der Waals surface area contributed by atoms with Gasteiger partial charge in [-0.2, -0.15) is 5.10 Å². The Hall–Kier alpha value is -2.49. The van der Waals surface area contributed by atoms with Crippen LogP contribution in [0.2, 0.25) is 0 Å². The molecule has 2 aromatic heterocycles. The van der Waals surface area contributed by atoms with Gasteiger partial charge in [0.2, 0.25) is 0 Å². The highest BCUT2D eigenvalue weighted by atomic mass is 16.1. The molecule has 3 rings (SSSR count). The number of fused-ring (bicyclic) bond motifs is 1. The van der Waals surface area contributed by atoms with Gasteiger partial charge in [-0.1, -0.05) is 24.3 Å². The van der Waals surface area contributed by atoms with E-state index in [0.29, 0.717) is 19.3 Å². The number of pyridine rings is 1. The van der Waals surface area contributed by atoms with Gasteiger partial charge >= 0.3 is 0 Å². The van der Waals surface area contributed by atoms with Gasteiger partial charge < -0.3 is 0 Å². The highest BCUT2D eigenvalue weighted by Gasteiger charge is 2.12. The molecule has 0 saturated heterocycles. The molecule has 0 radical (unpaired) electrons. The Morgan fingerprint density at radius 1 is 1.14 bits per heavy atom. The van der Waals surface area contributed by atoms with E-state index in [1.165, 1.54) is 0 Å². The third kappa shape index (κ3) is 2.99. The number of hydrogen-bond acceptors (Lipinski definition) is 3. The lowest BCUT2D eigenvalue weighted by Crippen LogP contribution is -2.06. The number of para-hydroxylation sites is 1. The summed E-state index contributed by atoms with van der Waals surface area (Å²) < 4.78 is 1.83. The summed E-state index contributed by atoms with van der Waals surface area (Å²) in [6, 6.07) is 13.8. The van der Waals surface area contributed by atoms with Crippen LogP contribution in [0.3, 0.4) is 0 Å². The molecule has 0 amide bonds.